The predicted octanol–water partition coefficient (Wildman–Crippen LogP) is 1.31. The van der Waals surface area contributed by atoms with Crippen molar-refractivity contribution < 1.29 is 18.4 Å². The average molecular weight is 311 g/mol. The summed E-state index contributed by atoms with van der Waals surface area (Å²) < 4.78 is 27.5. The fourth-order valence-electron chi connectivity index (χ4n) is 2.41. The zero-order valence-corrected chi connectivity index (χ0v) is 12.3. The van der Waals surface area contributed by atoms with Gasteiger partial charge in [0, 0.05) is 19.0 Å². The van der Waals surface area contributed by atoms with Gasteiger partial charge in [0.25, 0.3) is 0 Å². The van der Waals surface area contributed by atoms with Gasteiger partial charge < -0.3 is 16.0 Å². The van der Waals surface area contributed by atoms with Crippen molar-refractivity contribution >= 4 is 17.5 Å². The second kappa shape index (κ2) is 6.83. The summed E-state index contributed by atoms with van der Waals surface area (Å²) in [7, 11) is 0. The maximum Gasteiger partial charge on any atom is 0.249 e. The third kappa shape index (κ3) is 3.59. The standard InChI is InChI=1S/C15H19F2N3O2/c1-9(18)5-6-13(21)19-12-7-8-20(15(12)22)14-10(16)3-2-4-11(14)17/h2-4,9,12H,5-8,18H2,1H3,(H,19,21). The van der Waals surface area contributed by atoms with Crippen LogP contribution in [0.3, 0.4) is 0 Å². The molecule has 1 saturated heterocycles. The molecule has 1 aliphatic heterocycles. The highest BCUT2D eigenvalue weighted by molar-refractivity contribution is 6.01. The highest BCUT2D eigenvalue weighted by atomic mass is 19.1. The Balaban J connectivity index is 2.02. The van der Waals surface area contributed by atoms with Crippen LogP contribution in [0, 0.1) is 11.6 Å². The first-order valence-electron chi connectivity index (χ1n) is 7.20. The van der Waals surface area contributed by atoms with Crippen LogP contribution in [-0.4, -0.2) is 30.4 Å². The number of carbonyl (C=O) groups is 2. The molecule has 2 atom stereocenters. The second-order valence-corrected chi connectivity index (χ2v) is 5.48. The summed E-state index contributed by atoms with van der Waals surface area (Å²) in [6, 6.07) is 2.58. The molecule has 1 aliphatic rings. The summed E-state index contributed by atoms with van der Waals surface area (Å²) in [5, 5.41) is 2.59. The molecule has 3 N–H and O–H groups in total. The van der Waals surface area contributed by atoms with Crippen LogP contribution in [0.2, 0.25) is 0 Å². The number of halogens is 2. The molecule has 1 heterocycles. The largest absolute Gasteiger partial charge is 0.344 e. The maximum atomic E-state index is 13.7. The van der Waals surface area contributed by atoms with E-state index in [0.717, 1.165) is 17.0 Å². The molecular weight excluding hydrogens is 292 g/mol. The van der Waals surface area contributed by atoms with Gasteiger partial charge in [0.2, 0.25) is 11.8 Å². The third-order valence-electron chi connectivity index (χ3n) is 3.57. The number of hydrogen-bond acceptors (Lipinski definition) is 3. The van der Waals surface area contributed by atoms with Crippen molar-refractivity contribution in [1.82, 2.24) is 5.32 Å². The van der Waals surface area contributed by atoms with Crippen LogP contribution >= 0.6 is 0 Å². The third-order valence-corrected chi connectivity index (χ3v) is 3.57. The SMILES string of the molecule is CC(N)CCC(=O)NC1CCN(c2c(F)cccc2F)C1=O. The van der Waals surface area contributed by atoms with Crippen LogP contribution in [0.25, 0.3) is 0 Å². The Morgan fingerprint density at radius 2 is 2.09 bits per heavy atom. The van der Waals surface area contributed by atoms with Crippen molar-refractivity contribution in [3.8, 4) is 0 Å². The van der Waals surface area contributed by atoms with Gasteiger partial charge in [-0.25, -0.2) is 8.78 Å². The molecule has 1 fully saturated rings. The summed E-state index contributed by atoms with van der Waals surface area (Å²) in [6.45, 7) is 1.95. The van der Waals surface area contributed by atoms with E-state index >= 15 is 0 Å². The van der Waals surface area contributed by atoms with E-state index in [4.69, 9.17) is 5.73 Å². The smallest absolute Gasteiger partial charge is 0.249 e. The minimum Gasteiger partial charge on any atom is -0.344 e. The van der Waals surface area contributed by atoms with Gasteiger partial charge in [0.1, 0.15) is 23.4 Å². The first kappa shape index (κ1) is 16.4. The van der Waals surface area contributed by atoms with Gasteiger partial charge in [-0.3, -0.25) is 9.59 Å². The second-order valence-electron chi connectivity index (χ2n) is 5.48. The lowest BCUT2D eigenvalue weighted by molar-refractivity contribution is -0.126. The van der Waals surface area contributed by atoms with Crippen molar-refractivity contribution in [3.63, 3.8) is 0 Å². The number of rotatable bonds is 5. The van der Waals surface area contributed by atoms with E-state index < -0.39 is 23.6 Å². The Bertz CT molecular complexity index is 558. The first-order chi connectivity index (χ1) is 10.4. The van der Waals surface area contributed by atoms with Crippen LogP contribution in [-0.2, 0) is 9.59 Å². The molecule has 0 radical (unpaired) electrons. The molecule has 0 aliphatic carbocycles. The van der Waals surface area contributed by atoms with Gasteiger partial charge in [0.05, 0.1) is 0 Å². The number of carbonyl (C=O) groups excluding carboxylic acids is 2. The van der Waals surface area contributed by atoms with Gasteiger partial charge in [-0.05, 0) is 31.9 Å². The van der Waals surface area contributed by atoms with Crippen LogP contribution < -0.4 is 16.0 Å². The van der Waals surface area contributed by atoms with E-state index in [9.17, 15) is 18.4 Å². The summed E-state index contributed by atoms with van der Waals surface area (Å²) in [5.74, 6) is -2.38. The Hall–Kier alpha value is -2.02. The van der Waals surface area contributed by atoms with Crippen molar-refractivity contribution in [2.75, 3.05) is 11.4 Å². The first-order valence-corrected chi connectivity index (χ1v) is 7.20. The van der Waals surface area contributed by atoms with Crippen LogP contribution in [0.1, 0.15) is 26.2 Å². The number of para-hydroxylation sites is 1. The number of nitrogens with zero attached hydrogens (tertiary/aromatic N) is 1. The number of hydrogen-bond donors (Lipinski definition) is 2. The number of benzene rings is 1. The molecule has 22 heavy (non-hydrogen) atoms. The lowest BCUT2D eigenvalue weighted by atomic mass is 10.1. The number of nitrogens with one attached hydrogen (secondary N) is 1. The van der Waals surface area contributed by atoms with E-state index in [0.29, 0.717) is 12.8 Å². The quantitative estimate of drug-likeness (QED) is 0.861. The monoisotopic (exact) mass is 311 g/mol. The fourth-order valence-corrected chi connectivity index (χ4v) is 2.41. The Kier molecular flexibility index (Phi) is 5.07. The van der Waals surface area contributed by atoms with Crippen molar-refractivity contribution in [2.24, 2.45) is 5.73 Å². The van der Waals surface area contributed by atoms with Gasteiger partial charge in [0.15, 0.2) is 0 Å². The number of anilines is 1. The zero-order chi connectivity index (χ0) is 16.3. The fraction of sp³-hybridized carbons (Fsp3) is 0.467. The highest BCUT2D eigenvalue weighted by Crippen LogP contribution is 2.27. The molecular formula is C15H19F2N3O2. The molecule has 0 bridgehead atoms. The highest BCUT2D eigenvalue weighted by Gasteiger charge is 2.36. The van der Waals surface area contributed by atoms with E-state index in [1.807, 2.05) is 0 Å². The topological polar surface area (TPSA) is 75.4 Å². The molecule has 1 aromatic carbocycles. The van der Waals surface area contributed by atoms with Gasteiger partial charge in [-0.2, -0.15) is 0 Å². The van der Waals surface area contributed by atoms with E-state index in [1.54, 1.807) is 6.92 Å². The average Bonchev–Trinajstić information content (AvgIpc) is 2.78. The molecule has 0 spiro atoms. The van der Waals surface area contributed by atoms with Crippen LogP contribution in [0.15, 0.2) is 18.2 Å². The summed E-state index contributed by atoms with van der Waals surface area (Å²) in [5.41, 5.74) is 5.21. The molecule has 2 rings (SSSR count). The Morgan fingerprint density at radius 3 is 2.68 bits per heavy atom. The summed E-state index contributed by atoms with van der Waals surface area (Å²) in [4.78, 5) is 25.0. The molecule has 2 amide bonds. The van der Waals surface area contributed by atoms with Crippen molar-refractivity contribution in [1.29, 1.82) is 0 Å². The van der Waals surface area contributed by atoms with Crippen molar-refractivity contribution in [3.05, 3.63) is 29.8 Å². The normalized spacial score (nSPS) is 19.4. The minimum absolute atomic E-state index is 0.103. The van der Waals surface area contributed by atoms with Crippen LogP contribution in [0.5, 0.6) is 0 Å². The lowest BCUT2D eigenvalue weighted by Crippen LogP contribution is -2.42. The number of amides is 2. The Labute approximate surface area is 127 Å². The molecule has 1 aromatic rings. The molecule has 5 nitrogen and oxygen atoms in total. The molecule has 2 unspecified atom stereocenters. The summed E-state index contributed by atoms with van der Waals surface area (Å²) >= 11 is 0. The molecule has 7 heteroatoms. The molecule has 0 aromatic heterocycles. The van der Waals surface area contributed by atoms with Gasteiger partial charge in [-0.1, -0.05) is 6.07 Å². The maximum absolute atomic E-state index is 13.7. The summed E-state index contributed by atoms with van der Waals surface area (Å²) in [6.07, 6.45) is 1.05. The predicted molar refractivity (Wildman–Crippen MR) is 78.1 cm³/mol. The van der Waals surface area contributed by atoms with Gasteiger partial charge >= 0.3 is 0 Å². The van der Waals surface area contributed by atoms with E-state index in [-0.39, 0.29) is 30.6 Å². The lowest BCUT2D eigenvalue weighted by Gasteiger charge is -2.18. The van der Waals surface area contributed by atoms with Crippen LogP contribution in [0.4, 0.5) is 14.5 Å². The van der Waals surface area contributed by atoms with Crippen molar-refractivity contribution in [2.45, 2.75) is 38.3 Å². The van der Waals surface area contributed by atoms with Gasteiger partial charge in [-0.15, -0.1) is 0 Å². The van der Waals surface area contributed by atoms with E-state index in [2.05, 4.69) is 5.32 Å². The molecule has 120 valence electrons. The zero-order valence-electron chi connectivity index (χ0n) is 12.3. The Morgan fingerprint density at radius 1 is 1.45 bits per heavy atom. The number of nitrogens with two attached hydrogens (primary N) is 1. The van der Waals surface area contributed by atoms with E-state index in [1.165, 1.54) is 6.07 Å². The minimum atomic E-state index is -0.794. The molecule has 0 saturated carbocycles.